The number of hydrogen-bond donors (Lipinski definition) is 2. The molecule has 2 aromatic rings. The van der Waals surface area contributed by atoms with Gasteiger partial charge in [-0.25, -0.2) is 9.79 Å². The maximum Gasteiger partial charge on any atom is 0.416 e. The van der Waals surface area contributed by atoms with Crippen LogP contribution in [-0.4, -0.2) is 44.2 Å². The molecule has 1 aliphatic heterocycles. The number of nitrogens with zero attached hydrogens (tertiary/aromatic N) is 1. The first kappa shape index (κ1) is 23.3. The lowest BCUT2D eigenvalue weighted by Crippen LogP contribution is -2.36. The predicted molar refractivity (Wildman–Crippen MR) is 112 cm³/mol. The molecular weight excluding hydrogens is 427 g/mol. The Morgan fingerprint density at radius 1 is 1.16 bits per heavy atom. The molecule has 32 heavy (non-hydrogen) atoms. The number of rotatable bonds is 5. The molecule has 0 bridgehead atoms. The van der Waals surface area contributed by atoms with E-state index >= 15 is 0 Å². The Morgan fingerprint density at radius 2 is 1.91 bits per heavy atom. The average molecular weight is 449 g/mol. The van der Waals surface area contributed by atoms with Gasteiger partial charge in [0.05, 0.1) is 30.9 Å². The molecule has 1 aliphatic rings. The summed E-state index contributed by atoms with van der Waals surface area (Å²) < 4.78 is 48.5. The molecule has 0 aliphatic carbocycles. The van der Waals surface area contributed by atoms with Crippen molar-refractivity contribution in [2.45, 2.75) is 25.1 Å². The number of ether oxygens (including phenoxy) is 2. The van der Waals surface area contributed by atoms with Crippen molar-refractivity contribution in [3.63, 3.8) is 0 Å². The molecule has 0 radical (unpaired) electrons. The topological polar surface area (TPSA) is 89.0 Å². The van der Waals surface area contributed by atoms with Crippen LogP contribution in [0.15, 0.2) is 53.5 Å². The van der Waals surface area contributed by atoms with Crippen LogP contribution in [0.5, 0.6) is 0 Å². The van der Waals surface area contributed by atoms with E-state index in [-0.39, 0.29) is 24.2 Å². The largest absolute Gasteiger partial charge is 0.465 e. The summed E-state index contributed by atoms with van der Waals surface area (Å²) in [6.45, 7) is 0.925. The summed E-state index contributed by atoms with van der Waals surface area (Å²) >= 11 is 0. The Kier molecular flexibility index (Phi) is 7.47. The van der Waals surface area contributed by atoms with Gasteiger partial charge in [-0.15, -0.1) is 0 Å². The monoisotopic (exact) mass is 449 g/mol. The number of halogens is 3. The predicted octanol–water partition coefficient (Wildman–Crippen LogP) is 3.87. The molecule has 1 fully saturated rings. The molecule has 0 saturated carbocycles. The summed E-state index contributed by atoms with van der Waals surface area (Å²) in [5, 5.41) is 5.51. The summed E-state index contributed by atoms with van der Waals surface area (Å²) in [6.07, 6.45) is -2.82. The summed E-state index contributed by atoms with van der Waals surface area (Å²) in [6, 6.07) is 10.2. The molecule has 2 N–H and O–H groups in total. The minimum absolute atomic E-state index is 0.0351. The number of benzene rings is 2. The number of esters is 1. The van der Waals surface area contributed by atoms with Crippen LogP contribution in [0.1, 0.15) is 39.1 Å². The van der Waals surface area contributed by atoms with Crippen LogP contribution in [0.25, 0.3) is 0 Å². The molecule has 2 aromatic carbocycles. The third-order valence-electron chi connectivity index (χ3n) is 4.73. The van der Waals surface area contributed by atoms with Crippen molar-refractivity contribution in [2.24, 2.45) is 4.99 Å². The summed E-state index contributed by atoms with van der Waals surface area (Å²) in [5.74, 6) is -1.09. The fourth-order valence-corrected chi connectivity index (χ4v) is 3.06. The van der Waals surface area contributed by atoms with Gasteiger partial charge < -0.3 is 14.8 Å². The van der Waals surface area contributed by atoms with Crippen LogP contribution < -0.4 is 10.6 Å². The molecule has 0 unspecified atom stereocenters. The second-order valence-corrected chi connectivity index (χ2v) is 7.05. The fraction of sp³-hybridized carbons (Fsp3) is 0.318. The van der Waals surface area contributed by atoms with Crippen LogP contribution in [-0.2, 0) is 15.7 Å². The Labute approximate surface area is 182 Å². The highest BCUT2D eigenvalue weighted by Crippen LogP contribution is 2.29. The van der Waals surface area contributed by atoms with Crippen molar-refractivity contribution in [3.05, 3.63) is 65.2 Å². The lowest BCUT2D eigenvalue weighted by molar-refractivity contribution is -0.137. The third kappa shape index (κ3) is 6.30. The number of guanidine groups is 1. The van der Waals surface area contributed by atoms with E-state index in [1.807, 2.05) is 0 Å². The van der Waals surface area contributed by atoms with Crippen molar-refractivity contribution in [1.29, 1.82) is 0 Å². The molecular formula is C22H22F3N3O4. The Hall–Kier alpha value is -3.40. The minimum Gasteiger partial charge on any atom is -0.465 e. The van der Waals surface area contributed by atoms with Gasteiger partial charge in [0.25, 0.3) is 5.91 Å². The van der Waals surface area contributed by atoms with Crippen molar-refractivity contribution >= 4 is 23.5 Å². The quantitative estimate of drug-likeness (QED) is 0.411. The van der Waals surface area contributed by atoms with Crippen molar-refractivity contribution in [2.75, 3.05) is 25.6 Å². The zero-order valence-electron chi connectivity index (χ0n) is 17.2. The molecule has 1 atom stereocenters. The van der Waals surface area contributed by atoms with E-state index in [0.29, 0.717) is 17.9 Å². The number of anilines is 1. The van der Waals surface area contributed by atoms with Crippen molar-refractivity contribution in [3.8, 4) is 0 Å². The van der Waals surface area contributed by atoms with E-state index in [1.165, 1.54) is 13.2 Å². The smallest absolute Gasteiger partial charge is 0.416 e. The Morgan fingerprint density at radius 3 is 2.53 bits per heavy atom. The van der Waals surface area contributed by atoms with Gasteiger partial charge in [-0.2, -0.15) is 13.2 Å². The van der Waals surface area contributed by atoms with E-state index < -0.39 is 23.6 Å². The van der Waals surface area contributed by atoms with Gasteiger partial charge in [-0.1, -0.05) is 6.07 Å². The van der Waals surface area contributed by atoms with Gasteiger partial charge in [0.2, 0.25) is 5.96 Å². The van der Waals surface area contributed by atoms with E-state index in [0.717, 1.165) is 37.1 Å². The van der Waals surface area contributed by atoms with E-state index in [9.17, 15) is 22.8 Å². The number of aliphatic imine (C=N–C) groups is 1. The number of alkyl halides is 3. The molecule has 1 heterocycles. The molecule has 0 spiro atoms. The van der Waals surface area contributed by atoms with Gasteiger partial charge in [0, 0.05) is 17.9 Å². The highest BCUT2D eigenvalue weighted by Gasteiger charge is 2.30. The SMILES string of the molecule is COC(=O)c1cccc(NC(=NC[C@@H]2CCCO2)NC(=O)c2ccc(C(F)(F)F)cc2)c1. The first-order valence-electron chi connectivity index (χ1n) is 9.86. The first-order chi connectivity index (χ1) is 15.3. The van der Waals surface area contributed by atoms with Crippen LogP contribution in [0, 0.1) is 0 Å². The number of amides is 1. The lowest BCUT2D eigenvalue weighted by atomic mass is 10.1. The van der Waals surface area contributed by atoms with Crippen LogP contribution >= 0.6 is 0 Å². The zero-order chi connectivity index (χ0) is 23.1. The second-order valence-electron chi connectivity index (χ2n) is 7.05. The van der Waals surface area contributed by atoms with Gasteiger partial charge >= 0.3 is 12.1 Å². The lowest BCUT2D eigenvalue weighted by Gasteiger charge is -2.14. The highest BCUT2D eigenvalue weighted by atomic mass is 19.4. The average Bonchev–Trinajstić information content (AvgIpc) is 3.30. The summed E-state index contributed by atoms with van der Waals surface area (Å²) in [4.78, 5) is 28.7. The molecule has 10 heteroatoms. The normalized spacial score (nSPS) is 16.5. The number of hydrogen-bond acceptors (Lipinski definition) is 5. The molecule has 7 nitrogen and oxygen atoms in total. The number of methoxy groups -OCH3 is 1. The van der Waals surface area contributed by atoms with Gasteiger partial charge in [-0.05, 0) is 55.3 Å². The molecule has 1 saturated heterocycles. The summed E-state index contributed by atoms with van der Waals surface area (Å²) in [5.41, 5.74) is -0.0521. The molecule has 170 valence electrons. The highest BCUT2D eigenvalue weighted by molar-refractivity contribution is 6.10. The number of carbonyl (C=O) groups excluding carboxylic acids is 2. The molecule has 3 rings (SSSR count). The van der Waals surface area contributed by atoms with E-state index in [1.54, 1.807) is 18.2 Å². The van der Waals surface area contributed by atoms with Gasteiger partial charge in [0.15, 0.2) is 0 Å². The standard InChI is InChI=1S/C22H22F3N3O4/c1-31-20(30)15-4-2-5-17(12-15)27-21(26-13-18-6-3-11-32-18)28-19(29)14-7-9-16(10-8-14)22(23,24)25/h2,4-5,7-10,12,18H,3,6,11,13H2,1H3,(H2,26,27,28,29)/t18-/m0/s1. The fourth-order valence-electron chi connectivity index (χ4n) is 3.06. The summed E-state index contributed by atoms with van der Waals surface area (Å²) in [7, 11) is 1.27. The van der Waals surface area contributed by atoms with Gasteiger partial charge in [-0.3, -0.25) is 10.1 Å². The number of nitrogens with one attached hydrogen (secondary N) is 2. The van der Waals surface area contributed by atoms with Crippen LogP contribution in [0.3, 0.4) is 0 Å². The molecule has 0 aromatic heterocycles. The second kappa shape index (κ2) is 10.3. The minimum atomic E-state index is -4.49. The Balaban J connectivity index is 1.77. The first-order valence-corrected chi connectivity index (χ1v) is 9.86. The van der Waals surface area contributed by atoms with E-state index in [4.69, 9.17) is 9.47 Å². The van der Waals surface area contributed by atoms with Gasteiger partial charge in [0.1, 0.15) is 0 Å². The third-order valence-corrected chi connectivity index (χ3v) is 4.73. The maximum absolute atomic E-state index is 12.8. The maximum atomic E-state index is 12.8. The van der Waals surface area contributed by atoms with Crippen molar-refractivity contribution in [1.82, 2.24) is 5.32 Å². The Bertz CT molecular complexity index is 985. The molecule has 1 amide bonds. The van der Waals surface area contributed by atoms with Crippen LogP contribution in [0.4, 0.5) is 18.9 Å². The van der Waals surface area contributed by atoms with Crippen molar-refractivity contribution < 1.29 is 32.2 Å². The zero-order valence-corrected chi connectivity index (χ0v) is 17.2. The number of carbonyl (C=O) groups is 2. The van der Waals surface area contributed by atoms with E-state index in [2.05, 4.69) is 15.6 Å². The van der Waals surface area contributed by atoms with Crippen LogP contribution in [0.2, 0.25) is 0 Å².